The Labute approximate surface area is 58.7 Å². The molecule has 0 saturated carbocycles. The van der Waals surface area contributed by atoms with Gasteiger partial charge in [-0.15, -0.1) is 0 Å². The van der Waals surface area contributed by atoms with E-state index in [1.807, 2.05) is 0 Å². The SMILES string of the molecule is O=C(C(F)Cl)C(F)(F)Cl. The maximum atomic E-state index is 11.5. The predicted molar refractivity (Wildman–Crippen MR) is 26.6 cm³/mol. The van der Waals surface area contributed by atoms with E-state index in [9.17, 15) is 18.0 Å². The molecule has 0 aliphatic rings. The average Bonchev–Trinajstić information content (AvgIpc) is 1.62. The Balaban J connectivity index is 4.06. The van der Waals surface area contributed by atoms with Crippen molar-refractivity contribution >= 4 is 29.0 Å². The standard InChI is InChI=1S/C3HCl2F3O/c4-2(6)1(9)3(5,7)8/h2H. The van der Waals surface area contributed by atoms with Crippen LogP contribution >= 0.6 is 23.2 Å². The Morgan fingerprint density at radius 3 is 1.89 bits per heavy atom. The van der Waals surface area contributed by atoms with E-state index in [1.165, 1.54) is 0 Å². The minimum atomic E-state index is -4.19. The monoisotopic (exact) mass is 180 g/mol. The summed E-state index contributed by atoms with van der Waals surface area (Å²) >= 11 is 8.40. The van der Waals surface area contributed by atoms with E-state index in [4.69, 9.17) is 0 Å². The Morgan fingerprint density at radius 1 is 1.56 bits per heavy atom. The van der Waals surface area contributed by atoms with Crippen LogP contribution in [-0.4, -0.2) is 16.8 Å². The van der Waals surface area contributed by atoms with Crippen LogP contribution in [0.4, 0.5) is 13.2 Å². The van der Waals surface area contributed by atoms with Gasteiger partial charge in [0.15, 0.2) is 0 Å². The van der Waals surface area contributed by atoms with Crippen LogP contribution in [0.25, 0.3) is 0 Å². The van der Waals surface area contributed by atoms with E-state index >= 15 is 0 Å². The fourth-order valence-corrected chi connectivity index (χ4v) is 0.412. The van der Waals surface area contributed by atoms with Gasteiger partial charge < -0.3 is 0 Å². The molecular formula is C3HCl2F3O. The normalized spacial score (nSPS) is 15.2. The molecule has 0 aromatic rings. The Kier molecular flexibility index (Phi) is 2.76. The number of rotatable bonds is 2. The number of ketones is 1. The lowest BCUT2D eigenvalue weighted by Crippen LogP contribution is -2.27. The molecule has 0 aliphatic heterocycles. The van der Waals surface area contributed by atoms with Crippen LogP contribution in [0.1, 0.15) is 0 Å². The molecule has 0 aliphatic carbocycles. The van der Waals surface area contributed by atoms with Gasteiger partial charge in [0.05, 0.1) is 0 Å². The fourth-order valence-electron chi connectivity index (χ4n) is 0.124. The lowest BCUT2D eigenvalue weighted by molar-refractivity contribution is -0.135. The van der Waals surface area contributed by atoms with E-state index in [2.05, 4.69) is 23.2 Å². The molecule has 54 valence electrons. The fraction of sp³-hybridized carbons (Fsp3) is 0.667. The lowest BCUT2D eigenvalue weighted by atomic mass is 10.4. The zero-order valence-corrected chi connectivity index (χ0v) is 5.39. The third-order valence-electron chi connectivity index (χ3n) is 0.478. The number of hydrogen-bond donors (Lipinski definition) is 0. The van der Waals surface area contributed by atoms with Crippen LogP contribution in [0.2, 0.25) is 0 Å². The second kappa shape index (κ2) is 2.75. The zero-order valence-electron chi connectivity index (χ0n) is 3.88. The molecule has 0 rings (SSSR count). The number of Topliss-reactive ketones (excluding diaryl/α,β-unsaturated/α-hetero) is 1. The summed E-state index contributed by atoms with van der Waals surface area (Å²) in [6, 6.07) is 0. The summed E-state index contributed by atoms with van der Waals surface area (Å²) in [5, 5.41) is -4.19. The zero-order chi connectivity index (χ0) is 7.65. The topological polar surface area (TPSA) is 17.1 Å². The second-order valence-corrected chi connectivity index (χ2v) is 2.02. The minimum Gasteiger partial charge on any atom is -0.287 e. The summed E-state index contributed by atoms with van der Waals surface area (Å²) in [6.07, 6.45) is 0. The summed E-state index contributed by atoms with van der Waals surface area (Å²) in [5.74, 6) is -2.13. The molecule has 0 amide bonds. The first kappa shape index (κ1) is 9.04. The van der Waals surface area contributed by atoms with Gasteiger partial charge in [-0.1, -0.05) is 11.6 Å². The lowest BCUT2D eigenvalue weighted by Gasteiger charge is -2.03. The summed E-state index contributed by atoms with van der Waals surface area (Å²) in [5.41, 5.74) is -2.74. The van der Waals surface area contributed by atoms with Crippen molar-refractivity contribution in [2.24, 2.45) is 0 Å². The number of carbonyl (C=O) groups excluding carboxylic acids is 1. The largest absolute Gasteiger partial charge is 0.384 e. The number of carbonyl (C=O) groups is 1. The van der Waals surface area contributed by atoms with E-state index in [-0.39, 0.29) is 0 Å². The van der Waals surface area contributed by atoms with Gasteiger partial charge in [0.25, 0.3) is 5.78 Å². The molecular weight excluding hydrogens is 180 g/mol. The van der Waals surface area contributed by atoms with Crippen LogP contribution < -0.4 is 0 Å². The highest BCUT2D eigenvalue weighted by Gasteiger charge is 2.40. The molecule has 0 bridgehead atoms. The Bertz CT molecular complexity index is 119. The summed E-state index contributed by atoms with van der Waals surface area (Å²) < 4.78 is 34.4. The van der Waals surface area contributed by atoms with E-state index in [0.717, 1.165) is 0 Å². The first-order valence-corrected chi connectivity index (χ1v) is 2.56. The highest BCUT2D eigenvalue weighted by Crippen LogP contribution is 2.23. The average molecular weight is 181 g/mol. The van der Waals surface area contributed by atoms with Crippen molar-refractivity contribution in [2.75, 3.05) is 0 Å². The Hall–Kier alpha value is 0.0400. The molecule has 0 radical (unpaired) electrons. The van der Waals surface area contributed by atoms with Crippen molar-refractivity contribution < 1.29 is 18.0 Å². The highest BCUT2D eigenvalue weighted by molar-refractivity contribution is 6.40. The molecule has 0 saturated heterocycles. The second-order valence-electron chi connectivity index (χ2n) is 1.16. The molecule has 1 atom stereocenters. The molecule has 9 heavy (non-hydrogen) atoms. The van der Waals surface area contributed by atoms with Crippen molar-refractivity contribution in [1.82, 2.24) is 0 Å². The first-order valence-electron chi connectivity index (χ1n) is 1.75. The molecule has 0 heterocycles. The molecule has 0 aromatic heterocycles. The first-order chi connectivity index (χ1) is 3.85. The van der Waals surface area contributed by atoms with Gasteiger partial charge in [0.2, 0.25) is 5.63 Å². The summed E-state index contributed by atoms with van der Waals surface area (Å²) in [7, 11) is 0. The highest BCUT2D eigenvalue weighted by atomic mass is 35.5. The van der Waals surface area contributed by atoms with Gasteiger partial charge in [-0.3, -0.25) is 4.79 Å². The van der Waals surface area contributed by atoms with E-state index in [1.54, 1.807) is 0 Å². The van der Waals surface area contributed by atoms with Crippen molar-refractivity contribution in [3.63, 3.8) is 0 Å². The van der Waals surface area contributed by atoms with Gasteiger partial charge in [0.1, 0.15) is 0 Å². The maximum Gasteiger partial charge on any atom is 0.384 e. The van der Waals surface area contributed by atoms with Gasteiger partial charge in [-0.25, -0.2) is 4.39 Å². The van der Waals surface area contributed by atoms with Crippen molar-refractivity contribution in [3.05, 3.63) is 0 Å². The summed E-state index contributed by atoms with van der Waals surface area (Å²) in [6.45, 7) is 0. The van der Waals surface area contributed by atoms with Gasteiger partial charge in [-0.05, 0) is 11.6 Å². The third-order valence-corrected chi connectivity index (χ3v) is 0.862. The quantitative estimate of drug-likeness (QED) is 0.594. The van der Waals surface area contributed by atoms with Crippen LogP contribution in [0.15, 0.2) is 0 Å². The molecule has 1 unspecified atom stereocenters. The molecule has 0 N–H and O–H groups in total. The third kappa shape index (κ3) is 2.91. The van der Waals surface area contributed by atoms with Crippen LogP contribution in [0.3, 0.4) is 0 Å². The molecule has 0 aromatic carbocycles. The van der Waals surface area contributed by atoms with Gasteiger partial charge in [-0.2, -0.15) is 8.78 Å². The number of hydrogen-bond acceptors (Lipinski definition) is 1. The molecule has 1 nitrogen and oxygen atoms in total. The van der Waals surface area contributed by atoms with Crippen LogP contribution in [0, 0.1) is 0 Å². The van der Waals surface area contributed by atoms with E-state index < -0.39 is 16.8 Å². The smallest absolute Gasteiger partial charge is 0.287 e. The van der Waals surface area contributed by atoms with Crippen LogP contribution in [-0.2, 0) is 4.79 Å². The molecule has 0 fully saturated rings. The van der Waals surface area contributed by atoms with Gasteiger partial charge >= 0.3 is 5.38 Å². The number of halogens is 5. The predicted octanol–water partition coefficient (Wildman–Crippen LogP) is 1.92. The van der Waals surface area contributed by atoms with Crippen LogP contribution in [0.5, 0.6) is 0 Å². The number of alkyl halides is 5. The maximum absolute atomic E-state index is 11.5. The van der Waals surface area contributed by atoms with Crippen molar-refractivity contribution in [3.8, 4) is 0 Å². The molecule has 6 heteroatoms. The van der Waals surface area contributed by atoms with E-state index in [0.29, 0.717) is 0 Å². The minimum absolute atomic E-state index is 2.13. The van der Waals surface area contributed by atoms with Gasteiger partial charge in [0, 0.05) is 0 Å². The van der Waals surface area contributed by atoms with Crippen molar-refractivity contribution in [1.29, 1.82) is 0 Å². The summed E-state index contributed by atoms with van der Waals surface area (Å²) in [4.78, 5) is 9.78. The Morgan fingerprint density at radius 2 is 1.89 bits per heavy atom. The molecule has 0 spiro atoms. The van der Waals surface area contributed by atoms with Crippen molar-refractivity contribution in [2.45, 2.75) is 11.0 Å².